The lowest BCUT2D eigenvalue weighted by Crippen LogP contribution is -2.35. The summed E-state index contributed by atoms with van der Waals surface area (Å²) < 4.78 is 46.5. The van der Waals surface area contributed by atoms with Gasteiger partial charge in [0, 0.05) is 6.54 Å². The third-order valence-corrected chi connectivity index (χ3v) is 3.46. The third kappa shape index (κ3) is 6.66. The number of hydrogen-bond acceptors (Lipinski definition) is 3. The molecule has 0 unspecified atom stereocenters. The number of benzene rings is 2. The van der Waals surface area contributed by atoms with Crippen LogP contribution in [0.2, 0.25) is 0 Å². The maximum Gasteiger partial charge on any atom is 0.422 e. The maximum absolute atomic E-state index is 12.1. The second kappa shape index (κ2) is 8.60. The minimum absolute atomic E-state index is 0.119. The van der Waals surface area contributed by atoms with Crippen LogP contribution in [0.1, 0.15) is 18.1 Å². The Hall–Kier alpha value is -2.70. The average molecular weight is 367 g/mol. The molecule has 0 saturated heterocycles. The molecule has 140 valence electrons. The number of carbonyl (C=O) groups is 1. The van der Waals surface area contributed by atoms with Crippen molar-refractivity contribution in [2.75, 3.05) is 6.61 Å². The molecule has 0 radical (unpaired) electrons. The Labute approximate surface area is 149 Å². The molecule has 7 heteroatoms. The lowest BCUT2D eigenvalue weighted by Gasteiger charge is -2.15. The van der Waals surface area contributed by atoms with Gasteiger partial charge in [-0.3, -0.25) is 4.79 Å². The molecule has 26 heavy (non-hydrogen) atoms. The number of ether oxygens (including phenoxy) is 2. The highest BCUT2D eigenvalue weighted by Gasteiger charge is 2.28. The van der Waals surface area contributed by atoms with E-state index in [2.05, 4.69) is 10.1 Å². The van der Waals surface area contributed by atoms with Gasteiger partial charge in [0.1, 0.15) is 11.5 Å². The fourth-order valence-electron chi connectivity index (χ4n) is 2.15. The van der Waals surface area contributed by atoms with Gasteiger partial charge in [-0.25, -0.2) is 0 Å². The summed E-state index contributed by atoms with van der Waals surface area (Å²) in [5, 5.41) is 2.72. The Morgan fingerprint density at radius 1 is 1.12 bits per heavy atom. The fourth-order valence-corrected chi connectivity index (χ4v) is 2.15. The molecular weight excluding hydrogens is 347 g/mol. The molecule has 0 heterocycles. The van der Waals surface area contributed by atoms with E-state index in [4.69, 9.17) is 4.74 Å². The molecule has 2 aromatic carbocycles. The number of rotatable bonds is 7. The van der Waals surface area contributed by atoms with Crippen molar-refractivity contribution in [3.63, 3.8) is 0 Å². The van der Waals surface area contributed by atoms with Crippen LogP contribution in [0, 0.1) is 6.92 Å². The first-order valence-electron chi connectivity index (χ1n) is 8.02. The van der Waals surface area contributed by atoms with Crippen molar-refractivity contribution in [3.8, 4) is 11.5 Å². The minimum Gasteiger partial charge on any atom is -0.484 e. The van der Waals surface area contributed by atoms with Crippen LogP contribution in [0.25, 0.3) is 0 Å². The summed E-state index contributed by atoms with van der Waals surface area (Å²) in [4.78, 5) is 12.1. The van der Waals surface area contributed by atoms with Crippen LogP contribution in [-0.4, -0.2) is 24.8 Å². The molecule has 1 amide bonds. The van der Waals surface area contributed by atoms with Gasteiger partial charge in [0.15, 0.2) is 12.7 Å². The van der Waals surface area contributed by atoms with E-state index in [0.717, 1.165) is 11.1 Å². The van der Waals surface area contributed by atoms with Crippen LogP contribution in [-0.2, 0) is 11.3 Å². The summed E-state index contributed by atoms with van der Waals surface area (Å²) in [6, 6.07) is 13.4. The zero-order valence-corrected chi connectivity index (χ0v) is 14.5. The molecule has 0 fully saturated rings. The number of aryl methyl sites for hydroxylation is 1. The third-order valence-electron chi connectivity index (χ3n) is 3.46. The van der Waals surface area contributed by atoms with Gasteiger partial charge in [0.05, 0.1) is 0 Å². The molecule has 0 aliphatic heterocycles. The van der Waals surface area contributed by atoms with Gasteiger partial charge in [-0.1, -0.05) is 24.3 Å². The van der Waals surface area contributed by atoms with Crippen LogP contribution in [0.4, 0.5) is 13.2 Å². The largest absolute Gasteiger partial charge is 0.484 e. The number of nitrogens with one attached hydrogen (secondary N) is 1. The van der Waals surface area contributed by atoms with E-state index in [1.54, 1.807) is 25.1 Å². The summed E-state index contributed by atoms with van der Waals surface area (Å²) >= 11 is 0. The molecule has 0 bridgehead atoms. The number of halogens is 3. The zero-order valence-electron chi connectivity index (χ0n) is 14.5. The molecule has 2 rings (SSSR count). The summed E-state index contributed by atoms with van der Waals surface area (Å²) in [5.41, 5.74) is 1.77. The Morgan fingerprint density at radius 2 is 1.81 bits per heavy atom. The van der Waals surface area contributed by atoms with E-state index < -0.39 is 18.9 Å². The van der Waals surface area contributed by atoms with Crippen LogP contribution in [0.5, 0.6) is 11.5 Å². The lowest BCUT2D eigenvalue weighted by molar-refractivity contribution is -0.153. The maximum atomic E-state index is 12.1. The number of amides is 1. The average Bonchev–Trinajstić information content (AvgIpc) is 2.58. The van der Waals surface area contributed by atoms with Crippen molar-refractivity contribution in [3.05, 3.63) is 59.7 Å². The Kier molecular flexibility index (Phi) is 6.49. The topological polar surface area (TPSA) is 47.6 Å². The fraction of sp³-hybridized carbons (Fsp3) is 0.316. The highest BCUT2D eigenvalue weighted by Crippen LogP contribution is 2.19. The summed E-state index contributed by atoms with van der Waals surface area (Å²) in [5.74, 6) is 0.441. The quantitative estimate of drug-likeness (QED) is 0.804. The van der Waals surface area contributed by atoms with E-state index in [1.807, 2.05) is 25.1 Å². The van der Waals surface area contributed by atoms with Crippen LogP contribution < -0.4 is 14.8 Å². The lowest BCUT2D eigenvalue weighted by atomic mass is 10.2. The summed E-state index contributed by atoms with van der Waals surface area (Å²) in [7, 11) is 0. The molecule has 1 atom stereocenters. The van der Waals surface area contributed by atoms with Crippen molar-refractivity contribution >= 4 is 5.91 Å². The van der Waals surface area contributed by atoms with E-state index >= 15 is 0 Å². The second-order valence-corrected chi connectivity index (χ2v) is 5.84. The van der Waals surface area contributed by atoms with Crippen molar-refractivity contribution in [2.45, 2.75) is 32.7 Å². The molecule has 4 nitrogen and oxygen atoms in total. The predicted octanol–water partition coefficient (Wildman–Crippen LogP) is 4.02. The van der Waals surface area contributed by atoms with Crippen molar-refractivity contribution in [2.24, 2.45) is 0 Å². The van der Waals surface area contributed by atoms with Crippen molar-refractivity contribution < 1.29 is 27.4 Å². The van der Waals surface area contributed by atoms with E-state index in [-0.39, 0.29) is 18.2 Å². The second-order valence-electron chi connectivity index (χ2n) is 5.84. The van der Waals surface area contributed by atoms with Gasteiger partial charge < -0.3 is 14.8 Å². The molecule has 2 aromatic rings. The summed E-state index contributed by atoms with van der Waals surface area (Å²) in [6.45, 7) is 2.47. The Morgan fingerprint density at radius 3 is 2.42 bits per heavy atom. The van der Waals surface area contributed by atoms with E-state index in [1.165, 1.54) is 12.1 Å². The first kappa shape index (κ1) is 19.6. The summed E-state index contributed by atoms with van der Waals surface area (Å²) in [6.07, 6.45) is -5.05. The van der Waals surface area contributed by atoms with Gasteiger partial charge >= 0.3 is 6.18 Å². The van der Waals surface area contributed by atoms with Crippen molar-refractivity contribution in [1.29, 1.82) is 0 Å². The molecule has 0 aliphatic carbocycles. The standard InChI is InChI=1S/C19H20F3NO3/c1-13-4-3-5-17(10-13)26-14(2)18(24)23-11-15-6-8-16(9-7-15)25-12-19(20,21)22/h3-10,14H,11-12H2,1-2H3,(H,23,24)/t14-/m1/s1. The first-order chi connectivity index (χ1) is 12.2. The normalized spacial score (nSPS) is 12.3. The van der Waals surface area contributed by atoms with Gasteiger partial charge in [0.25, 0.3) is 5.91 Å². The first-order valence-corrected chi connectivity index (χ1v) is 8.02. The number of carbonyl (C=O) groups excluding carboxylic acids is 1. The number of hydrogen-bond donors (Lipinski definition) is 1. The van der Waals surface area contributed by atoms with Crippen LogP contribution in [0.3, 0.4) is 0 Å². The molecule has 1 N–H and O–H groups in total. The predicted molar refractivity (Wildman–Crippen MR) is 91.1 cm³/mol. The monoisotopic (exact) mass is 367 g/mol. The van der Waals surface area contributed by atoms with E-state index in [0.29, 0.717) is 5.75 Å². The Bertz CT molecular complexity index is 730. The van der Waals surface area contributed by atoms with E-state index in [9.17, 15) is 18.0 Å². The van der Waals surface area contributed by atoms with Crippen molar-refractivity contribution in [1.82, 2.24) is 5.32 Å². The van der Waals surface area contributed by atoms with Gasteiger partial charge in [-0.15, -0.1) is 0 Å². The Balaban J connectivity index is 1.81. The molecule has 0 aromatic heterocycles. The van der Waals surface area contributed by atoms with Gasteiger partial charge in [-0.05, 0) is 49.2 Å². The molecule has 0 spiro atoms. The SMILES string of the molecule is Cc1cccc(O[C@H](C)C(=O)NCc2ccc(OCC(F)(F)F)cc2)c1. The molecule has 0 saturated carbocycles. The molecular formula is C19H20F3NO3. The number of alkyl halides is 3. The zero-order chi connectivity index (χ0) is 19.2. The highest BCUT2D eigenvalue weighted by molar-refractivity contribution is 5.80. The highest BCUT2D eigenvalue weighted by atomic mass is 19.4. The smallest absolute Gasteiger partial charge is 0.422 e. The van der Waals surface area contributed by atoms with Crippen LogP contribution >= 0.6 is 0 Å². The minimum atomic E-state index is -4.37. The van der Waals surface area contributed by atoms with Gasteiger partial charge in [-0.2, -0.15) is 13.2 Å². The van der Waals surface area contributed by atoms with Crippen LogP contribution in [0.15, 0.2) is 48.5 Å². The molecule has 0 aliphatic rings. The van der Waals surface area contributed by atoms with Gasteiger partial charge in [0.2, 0.25) is 0 Å².